The Morgan fingerprint density at radius 2 is 0.857 bits per heavy atom. The summed E-state index contributed by atoms with van der Waals surface area (Å²) in [5.41, 5.74) is 5.69. The van der Waals surface area contributed by atoms with Gasteiger partial charge in [-0.2, -0.15) is 0 Å². The monoisotopic (exact) mass is 729 g/mol. The molecule has 0 aliphatic heterocycles. The molecular formula is C37H32IrN2O2-2. The molecule has 5 heteroatoms. The molecule has 6 rings (SSSR count). The van der Waals surface area contributed by atoms with Gasteiger partial charge in [-0.05, 0) is 34.6 Å². The largest absolute Gasteiger partial charge is 0.388 e. The van der Waals surface area contributed by atoms with Crippen LogP contribution in [0.2, 0.25) is 0 Å². The van der Waals surface area contributed by atoms with Crippen LogP contribution in [0.15, 0.2) is 158 Å². The van der Waals surface area contributed by atoms with Crippen molar-refractivity contribution in [2.24, 2.45) is 0 Å². The fraction of sp³-hybridized carbons (Fsp3) is 0.0811. The SMILES string of the molecule is OC(CC(O)c1ccccc1)c1ccccc1.[Ir].[c-]1ccccc1-c1ccccn1.[c-]1ccccc1-c1ccccn1. The molecule has 2 heterocycles. The normalized spacial score (nSPS) is 11.3. The minimum atomic E-state index is -0.633. The summed E-state index contributed by atoms with van der Waals surface area (Å²) in [6, 6.07) is 52.4. The van der Waals surface area contributed by atoms with Crippen molar-refractivity contribution in [3.63, 3.8) is 0 Å². The Labute approximate surface area is 261 Å². The number of benzene rings is 4. The van der Waals surface area contributed by atoms with Gasteiger partial charge in [-0.15, -0.1) is 71.8 Å². The topological polar surface area (TPSA) is 66.2 Å². The Bertz CT molecular complexity index is 1310. The Balaban J connectivity index is 0.000000175. The first-order valence-electron chi connectivity index (χ1n) is 13.4. The van der Waals surface area contributed by atoms with Gasteiger partial charge in [0.2, 0.25) is 0 Å². The molecule has 2 aromatic heterocycles. The van der Waals surface area contributed by atoms with Gasteiger partial charge in [0.25, 0.3) is 0 Å². The first-order valence-corrected chi connectivity index (χ1v) is 13.4. The average molecular weight is 729 g/mol. The average Bonchev–Trinajstić information content (AvgIpc) is 3.08. The van der Waals surface area contributed by atoms with Crippen molar-refractivity contribution in [3.8, 4) is 22.5 Å². The molecule has 2 atom stereocenters. The second-order valence-electron chi connectivity index (χ2n) is 9.07. The molecular weight excluding hydrogens is 697 g/mol. The van der Waals surface area contributed by atoms with Crippen LogP contribution in [0.25, 0.3) is 22.5 Å². The van der Waals surface area contributed by atoms with E-state index in [-0.39, 0.29) is 20.1 Å². The maximum absolute atomic E-state index is 9.99. The first kappa shape index (κ1) is 32.3. The third-order valence-electron chi connectivity index (χ3n) is 6.12. The van der Waals surface area contributed by atoms with E-state index in [0.717, 1.165) is 33.6 Å². The van der Waals surface area contributed by atoms with E-state index >= 15 is 0 Å². The zero-order chi connectivity index (χ0) is 28.5. The van der Waals surface area contributed by atoms with Gasteiger partial charge < -0.3 is 20.2 Å². The predicted octanol–water partition coefficient (Wildman–Crippen LogP) is 7.94. The molecule has 0 saturated carbocycles. The standard InChI is InChI=1S/C15H16O2.2C11H8N.Ir/c16-14(12-7-3-1-4-8-12)11-15(17)13-9-5-2-6-10-13;2*1-2-6-10(7-3-1)11-8-4-5-9-12-11;/h1-10,14-17H,11H2;2*1-6,8-9H;/q;2*-1;. The van der Waals surface area contributed by atoms with Crippen molar-refractivity contribution >= 4 is 0 Å². The molecule has 42 heavy (non-hydrogen) atoms. The summed E-state index contributed by atoms with van der Waals surface area (Å²) in [5.74, 6) is 0. The maximum Gasteiger partial charge on any atom is 0.0818 e. The quantitative estimate of drug-likeness (QED) is 0.171. The Kier molecular flexibility index (Phi) is 14.0. The second kappa shape index (κ2) is 18.2. The van der Waals surface area contributed by atoms with Gasteiger partial charge in [-0.3, -0.25) is 0 Å². The van der Waals surface area contributed by atoms with Crippen LogP contribution in [0.3, 0.4) is 0 Å². The molecule has 0 bridgehead atoms. The Morgan fingerprint density at radius 3 is 1.19 bits per heavy atom. The molecule has 4 aromatic carbocycles. The minimum Gasteiger partial charge on any atom is -0.388 e. The third kappa shape index (κ3) is 10.6. The fourth-order valence-corrected chi connectivity index (χ4v) is 3.98. The van der Waals surface area contributed by atoms with Gasteiger partial charge in [0, 0.05) is 38.9 Å². The van der Waals surface area contributed by atoms with E-state index in [9.17, 15) is 10.2 Å². The van der Waals surface area contributed by atoms with Crippen molar-refractivity contribution in [3.05, 3.63) is 181 Å². The fourth-order valence-electron chi connectivity index (χ4n) is 3.98. The van der Waals surface area contributed by atoms with Crippen molar-refractivity contribution in [1.29, 1.82) is 0 Å². The number of aliphatic hydroxyl groups excluding tert-OH is 2. The summed E-state index contributed by atoms with van der Waals surface area (Å²) < 4.78 is 0. The van der Waals surface area contributed by atoms with E-state index in [1.165, 1.54) is 0 Å². The van der Waals surface area contributed by atoms with E-state index in [4.69, 9.17) is 0 Å². The molecule has 2 unspecified atom stereocenters. The number of nitrogens with zero attached hydrogens (tertiary/aromatic N) is 2. The molecule has 0 amide bonds. The summed E-state index contributed by atoms with van der Waals surface area (Å²) in [6.07, 6.45) is 2.62. The van der Waals surface area contributed by atoms with Gasteiger partial charge in [0.1, 0.15) is 0 Å². The first-order chi connectivity index (χ1) is 20.2. The van der Waals surface area contributed by atoms with Gasteiger partial charge >= 0.3 is 0 Å². The minimum absolute atomic E-state index is 0. The molecule has 4 nitrogen and oxygen atoms in total. The van der Waals surface area contributed by atoms with Crippen molar-refractivity contribution < 1.29 is 30.3 Å². The molecule has 213 valence electrons. The summed E-state index contributed by atoms with van der Waals surface area (Å²) in [7, 11) is 0. The van der Waals surface area contributed by atoms with Crippen molar-refractivity contribution in [2.45, 2.75) is 18.6 Å². The van der Waals surface area contributed by atoms with Crippen molar-refractivity contribution in [2.75, 3.05) is 0 Å². The molecule has 0 saturated heterocycles. The Hall–Kier alpha value is -4.25. The van der Waals surface area contributed by atoms with Crippen LogP contribution in [0.4, 0.5) is 0 Å². The smallest absolute Gasteiger partial charge is 0.0818 e. The van der Waals surface area contributed by atoms with E-state index in [1.807, 2.05) is 146 Å². The van der Waals surface area contributed by atoms with Gasteiger partial charge in [-0.25, -0.2) is 0 Å². The van der Waals surface area contributed by atoms with Crippen LogP contribution in [-0.2, 0) is 20.1 Å². The summed E-state index contributed by atoms with van der Waals surface area (Å²) in [5, 5.41) is 20.0. The number of aliphatic hydroxyl groups is 2. The van der Waals surface area contributed by atoms with Gasteiger partial charge in [0.05, 0.1) is 12.2 Å². The van der Waals surface area contributed by atoms with Crippen LogP contribution in [0.5, 0.6) is 0 Å². The van der Waals surface area contributed by atoms with Crippen LogP contribution in [0, 0.1) is 12.1 Å². The molecule has 0 fully saturated rings. The van der Waals surface area contributed by atoms with Gasteiger partial charge in [-0.1, -0.05) is 84.9 Å². The van der Waals surface area contributed by atoms with E-state index in [2.05, 4.69) is 22.1 Å². The molecule has 1 radical (unpaired) electrons. The summed E-state index contributed by atoms with van der Waals surface area (Å²) in [6.45, 7) is 0. The summed E-state index contributed by atoms with van der Waals surface area (Å²) in [4.78, 5) is 8.44. The van der Waals surface area contributed by atoms with Crippen LogP contribution in [-0.4, -0.2) is 20.2 Å². The number of rotatable bonds is 6. The Morgan fingerprint density at radius 1 is 0.476 bits per heavy atom. The zero-order valence-electron chi connectivity index (χ0n) is 23.0. The van der Waals surface area contributed by atoms with E-state index in [0.29, 0.717) is 6.42 Å². The number of pyridine rings is 2. The predicted molar refractivity (Wildman–Crippen MR) is 164 cm³/mol. The van der Waals surface area contributed by atoms with Crippen LogP contribution < -0.4 is 0 Å². The number of hydrogen-bond donors (Lipinski definition) is 2. The van der Waals surface area contributed by atoms with Crippen molar-refractivity contribution in [1.82, 2.24) is 9.97 Å². The number of aromatic nitrogens is 2. The summed E-state index contributed by atoms with van der Waals surface area (Å²) >= 11 is 0. The molecule has 2 N–H and O–H groups in total. The molecule has 0 spiro atoms. The van der Waals surface area contributed by atoms with Gasteiger partial charge in [0.15, 0.2) is 0 Å². The van der Waals surface area contributed by atoms with Crippen LogP contribution >= 0.6 is 0 Å². The van der Waals surface area contributed by atoms with E-state index in [1.54, 1.807) is 12.4 Å². The maximum atomic E-state index is 9.99. The molecule has 0 aliphatic rings. The molecule has 0 aliphatic carbocycles. The molecule has 6 aromatic rings. The second-order valence-corrected chi connectivity index (χ2v) is 9.07. The zero-order valence-corrected chi connectivity index (χ0v) is 25.4. The van der Waals surface area contributed by atoms with Crippen LogP contribution in [0.1, 0.15) is 29.8 Å². The van der Waals surface area contributed by atoms with E-state index < -0.39 is 12.2 Å². The number of hydrogen-bond acceptors (Lipinski definition) is 4. The third-order valence-corrected chi connectivity index (χ3v) is 6.12.